The van der Waals surface area contributed by atoms with Crippen LogP contribution in [0.2, 0.25) is 0 Å². The highest BCUT2D eigenvalue weighted by atomic mass is 16.6. The molecule has 4 rings (SSSR count). The number of carbonyl (C=O) groups excluding carboxylic acids is 2. The zero-order chi connectivity index (χ0) is 25.3. The lowest BCUT2D eigenvalue weighted by Gasteiger charge is -2.27. The van der Waals surface area contributed by atoms with E-state index in [1.807, 2.05) is 60.7 Å². The van der Waals surface area contributed by atoms with Crippen LogP contribution in [0.3, 0.4) is 0 Å². The van der Waals surface area contributed by atoms with Crippen molar-refractivity contribution in [3.05, 3.63) is 112 Å². The van der Waals surface area contributed by atoms with Gasteiger partial charge in [-0.05, 0) is 29.5 Å². The number of nitrogens with one attached hydrogen (secondary N) is 2. The van der Waals surface area contributed by atoms with Crippen molar-refractivity contribution in [1.29, 1.82) is 0 Å². The molecule has 0 spiro atoms. The Labute approximate surface area is 211 Å². The first-order valence-corrected chi connectivity index (χ1v) is 12.5. The average Bonchev–Trinajstić information content (AvgIpc) is 2.90. The summed E-state index contributed by atoms with van der Waals surface area (Å²) in [5.41, 5.74) is 2.39. The molecule has 7 nitrogen and oxygen atoms in total. The van der Waals surface area contributed by atoms with Gasteiger partial charge in [0.25, 0.3) is 5.69 Å². The minimum Gasteiger partial charge on any atom is -0.352 e. The molecule has 1 saturated carbocycles. The summed E-state index contributed by atoms with van der Waals surface area (Å²) in [5, 5.41) is 17.2. The van der Waals surface area contributed by atoms with Gasteiger partial charge in [0.1, 0.15) is 6.04 Å². The molecule has 3 aromatic carbocycles. The summed E-state index contributed by atoms with van der Waals surface area (Å²) >= 11 is 0. The van der Waals surface area contributed by atoms with Crippen LogP contribution in [0.15, 0.2) is 84.9 Å². The van der Waals surface area contributed by atoms with Crippen LogP contribution < -0.4 is 10.6 Å². The summed E-state index contributed by atoms with van der Waals surface area (Å²) in [6.45, 7) is 0. The van der Waals surface area contributed by atoms with Gasteiger partial charge in [0.15, 0.2) is 0 Å². The third-order valence-corrected chi connectivity index (χ3v) is 6.70. The molecule has 1 fully saturated rings. The molecule has 0 aromatic heterocycles. The summed E-state index contributed by atoms with van der Waals surface area (Å²) in [5.74, 6) is -1.07. The SMILES string of the molecule is O=C(N[C@H](Cc1ccc([N+](=O)[O-])cc1)C(=O)NC1CCCCC1)C(c1ccccc1)c1ccccc1. The number of amides is 2. The predicted molar refractivity (Wildman–Crippen MR) is 138 cm³/mol. The number of rotatable bonds is 9. The van der Waals surface area contributed by atoms with Gasteiger partial charge in [-0.2, -0.15) is 0 Å². The van der Waals surface area contributed by atoms with Crippen LogP contribution in [-0.4, -0.2) is 28.8 Å². The summed E-state index contributed by atoms with van der Waals surface area (Å²) in [4.78, 5) is 37.7. The summed E-state index contributed by atoms with van der Waals surface area (Å²) in [6, 6.07) is 24.4. The first-order valence-electron chi connectivity index (χ1n) is 12.5. The first-order chi connectivity index (χ1) is 17.5. The van der Waals surface area contributed by atoms with Gasteiger partial charge >= 0.3 is 0 Å². The molecule has 1 aliphatic rings. The van der Waals surface area contributed by atoms with E-state index in [0.29, 0.717) is 0 Å². The average molecular weight is 486 g/mol. The lowest BCUT2D eigenvalue weighted by molar-refractivity contribution is -0.384. The molecular formula is C29H31N3O4. The minimum absolute atomic E-state index is 0.0146. The normalized spacial score (nSPS) is 14.7. The molecule has 7 heteroatoms. The van der Waals surface area contributed by atoms with E-state index in [9.17, 15) is 19.7 Å². The maximum Gasteiger partial charge on any atom is 0.269 e. The number of non-ortho nitro benzene ring substituents is 1. The van der Waals surface area contributed by atoms with Gasteiger partial charge in [-0.15, -0.1) is 0 Å². The fraction of sp³-hybridized carbons (Fsp3) is 0.310. The van der Waals surface area contributed by atoms with E-state index in [-0.39, 0.29) is 30.0 Å². The van der Waals surface area contributed by atoms with Crippen molar-refractivity contribution in [2.24, 2.45) is 0 Å². The first kappa shape index (κ1) is 25.1. The molecule has 2 amide bonds. The van der Waals surface area contributed by atoms with E-state index in [0.717, 1.165) is 42.4 Å². The molecule has 1 aliphatic carbocycles. The largest absolute Gasteiger partial charge is 0.352 e. The monoisotopic (exact) mass is 485 g/mol. The Morgan fingerprint density at radius 1 is 0.806 bits per heavy atom. The van der Waals surface area contributed by atoms with Gasteiger partial charge in [-0.25, -0.2) is 0 Å². The highest BCUT2D eigenvalue weighted by molar-refractivity contribution is 5.92. The summed E-state index contributed by atoms with van der Waals surface area (Å²) in [7, 11) is 0. The second kappa shape index (κ2) is 12.1. The van der Waals surface area contributed by atoms with E-state index in [4.69, 9.17) is 0 Å². The molecule has 0 saturated heterocycles. The van der Waals surface area contributed by atoms with Crippen molar-refractivity contribution in [2.75, 3.05) is 0 Å². The molecule has 186 valence electrons. The van der Waals surface area contributed by atoms with Gasteiger partial charge in [0.2, 0.25) is 11.8 Å². The van der Waals surface area contributed by atoms with E-state index in [2.05, 4.69) is 10.6 Å². The van der Waals surface area contributed by atoms with Crippen molar-refractivity contribution in [3.8, 4) is 0 Å². The number of nitro groups is 1. The van der Waals surface area contributed by atoms with E-state index in [1.165, 1.54) is 18.6 Å². The highest BCUT2D eigenvalue weighted by Gasteiger charge is 2.29. The summed E-state index contributed by atoms with van der Waals surface area (Å²) < 4.78 is 0. The second-order valence-corrected chi connectivity index (χ2v) is 9.29. The second-order valence-electron chi connectivity index (χ2n) is 9.29. The Bertz CT molecular complexity index is 1120. The van der Waals surface area contributed by atoms with E-state index < -0.39 is 16.9 Å². The smallest absolute Gasteiger partial charge is 0.269 e. The van der Waals surface area contributed by atoms with Crippen LogP contribution in [0.1, 0.15) is 54.7 Å². The van der Waals surface area contributed by atoms with Crippen LogP contribution in [0.25, 0.3) is 0 Å². The van der Waals surface area contributed by atoms with Gasteiger partial charge in [-0.3, -0.25) is 19.7 Å². The molecule has 0 radical (unpaired) electrons. The van der Waals surface area contributed by atoms with Crippen LogP contribution in [-0.2, 0) is 16.0 Å². The molecule has 1 atom stereocenters. The Kier molecular flexibility index (Phi) is 8.44. The van der Waals surface area contributed by atoms with Crippen LogP contribution in [0.5, 0.6) is 0 Å². The Balaban J connectivity index is 1.58. The minimum atomic E-state index is -0.809. The van der Waals surface area contributed by atoms with Gasteiger partial charge in [0, 0.05) is 24.6 Å². The topological polar surface area (TPSA) is 101 Å². The molecule has 0 aliphatic heterocycles. The molecule has 3 aromatic rings. The lowest BCUT2D eigenvalue weighted by Crippen LogP contribution is -2.52. The fourth-order valence-electron chi connectivity index (χ4n) is 4.79. The number of carbonyl (C=O) groups is 2. The predicted octanol–water partition coefficient (Wildman–Crippen LogP) is 4.90. The third kappa shape index (κ3) is 6.56. The van der Waals surface area contributed by atoms with Gasteiger partial charge < -0.3 is 10.6 Å². The molecule has 2 N–H and O–H groups in total. The Morgan fingerprint density at radius 2 is 1.36 bits per heavy atom. The third-order valence-electron chi connectivity index (χ3n) is 6.70. The number of hydrogen-bond donors (Lipinski definition) is 2. The Hall–Kier alpha value is -4.00. The Morgan fingerprint density at radius 3 is 1.89 bits per heavy atom. The zero-order valence-corrected chi connectivity index (χ0v) is 20.1. The molecular weight excluding hydrogens is 454 g/mol. The zero-order valence-electron chi connectivity index (χ0n) is 20.1. The molecule has 0 bridgehead atoms. The number of nitro benzene ring substituents is 1. The highest BCUT2D eigenvalue weighted by Crippen LogP contribution is 2.25. The fourth-order valence-corrected chi connectivity index (χ4v) is 4.79. The number of benzene rings is 3. The standard InChI is InChI=1S/C29H31N3O4/c33-28(30-24-14-8-3-9-15-24)26(20-21-16-18-25(19-17-21)32(35)36)31-29(34)27(22-10-4-1-5-11-22)23-12-6-2-7-13-23/h1-2,4-7,10-13,16-19,24,26-27H,3,8-9,14-15,20H2,(H,30,33)(H,31,34)/t26-/m1/s1. The van der Waals surface area contributed by atoms with Crippen LogP contribution in [0, 0.1) is 10.1 Å². The number of nitrogens with zero attached hydrogens (tertiary/aromatic N) is 1. The van der Waals surface area contributed by atoms with Crippen LogP contribution in [0.4, 0.5) is 5.69 Å². The lowest BCUT2D eigenvalue weighted by atomic mass is 9.90. The molecule has 0 unspecified atom stereocenters. The maximum absolute atomic E-state index is 13.7. The van der Waals surface area contributed by atoms with Crippen molar-refractivity contribution >= 4 is 17.5 Å². The van der Waals surface area contributed by atoms with Crippen molar-refractivity contribution in [2.45, 2.75) is 56.5 Å². The molecule has 36 heavy (non-hydrogen) atoms. The van der Waals surface area contributed by atoms with Crippen molar-refractivity contribution < 1.29 is 14.5 Å². The van der Waals surface area contributed by atoms with Gasteiger partial charge in [-0.1, -0.05) is 92.1 Å². The van der Waals surface area contributed by atoms with Gasteiger partial charge in [0.05, 0.1) is 10.8 Å². The van der Waals surface area contributed by atoms with Crippen molar-refractivity contribution in [1.82, 2.24) is 10.6 Å². The quantitative estimate of drug-likeness (QED) is 0.332. The van der Waals surface area contributed by atoms with E-state index >= 15 is 0 Å². The maximum atomic E-state index is 13.7. The summed E-state index contributed by atoms with van der Waals surface area (Å²) in [6.07, 6.45) is 5.42. The van der Waals surface area contributed by atoms with E-state index in [1.54, 1.807) is 12.1 Å². The van der Waals surface area contributed by atoms with Crippen LogP contribution >= 0.6 is 0 Å². The van der Waals surface area contributed by atoms with Crippen molar-refractivity contribution in [3.63, 3.8) is 0 Å². The number of hydrogen-bond acceptors (Lipinski definition) is 4. The molecule has 0 heterocycles.